The summed E-state index contributed by atoms with van der Waals surface area (Å²) in [6.45, 7) is 1.97. The highest BCUT2D eigenvalue weighted by Gasteiger charge is 2.15. The molecule has 0 bridgehead atoms. The normalized spacial score (nSPS) is 12.0. The Morgan fingerprint density at radius 3 is 3.00 bits per heavy atom. The molecule has 0 aliphatic carbocycles. The number of hydrogen-bond donors (Lipinski definition) is 1. The van der Waals surface area contributed by atoms with Gasteiger partial charge >= 0.3 is 0 Å². The van der Waals surface area contributed by atoms with Crippen LogP contribution in [0.1, 0.15) is 30.1 Å². The van der Waals surface area contributed by atoms with Gasteiger partial charge < -0.3 is 5.32 Å². The highest BCUT2D eigenvalue weighted by molar-refractivity contribution is 7.17. The molecular weight excluding hydrogens is 244 g/mol. The van der Waals surface area contributed by atoms with Crippen LogP contribution < -0.4 is 5.32 Å². The fourth-order valence-corrected chi connectivity index (χ4v) is 2.77. The van der Waals surface area contributed by atoms with Crippen LogP contribution in [-0.2, 0) is 0 Å². The Morgan fingerprint density at radius 1 is 1.50 bits per heavy atom. The van der Waals surface area contributed by atoms with Gasteiger partial charge in [0.2, 0.25) is 0 Å². The first-order chi connectivity index (χ1) is 8.76. The minimum absolute atomic E-state index is 0.0684. The Kier molecular flexibility index (Phi) is 3.96. The molecule has 0 aliphatic rings. The molecule has 0 spiro atoms. The lowest BCUT2D eigenvalue weighted by atomic mass is 10.1. The topological polar surface area (TPSA) is 52.9 Å². The molecule has 0 fully saturated rings. The van der Waals surface area contributed by atoms with E-state index in [1.807, 2.05) is 36.6 Å². The lowest BCUT2D eigenvalue weighted by Crippen LogP contribution is -2.33. The summed E-state index contributed by atoms with van der Waals surface area (Å²) in [7, 11) is 0. The van der Waals surface area contributed by atoms with E-state index >= 15 is 0 Å². The molecule has 1 atom stereocenters. The molecule has 4 heteroatoms. The van der Waals surface area contributed by atoms with E-state index < -0.39 is 0 Å². The molecule has 1 amide bonds. The van der Waals surface area contributed by atoms with Crippen LogP contribution in [-0.4, -0.2) is 11.9 Å². The zero-order chi connectivity index (χ0) is 13.0. The maximum absolute atomic E-state index is 12.2. The number of nitrogens with zero attached hydrogens (tertiary/aromatic N) is 1. The summed E-state index contributed by atoms with van der Waals surface area (Å²) in [5.41, 5.74) is 0.701. The predicted octanol–water partition coefficient (Wildman–Crippen LogP) is 3.32. The predicted molar refractivity (Wildman–Crippen MR) is 73.6 cm³/mol. The Morgan fingerprint density at radius 2 is 2.28 bits per heavy atom. The molecule has 2 aromatic rings. The number of carbonyl (C=O) groups excluding carboxylic acids is 1. The summed E-state index contributed by atoms with van der Waals surface area (Å²) in [4.78, 5) is 12.2. The standard InChI is InChI=1S/C14H14N2OS/c1-2-10(7-8-15)16-14(17)12-9-18-13-6-4-3-5-11(12)13/h3-6,9-10H,2,7H2,1H3,(H,16,17). The maximum atomic E-state index is 12.2. The smallest absolute Gasteiger partial charge is 0.253 e. The number of carbonyl (C=O) groups is 1. The number of rotatable bonds is 4. The van der Waals surface area contributed by atoms with Gasteiger partial charge in [0.15, 0.2) is 0 Å². The van der Waals surface area contributed by atoms with Crippen LogP contribution in [0.3, 0.4) is 0 Å². The largest absolute Gasteiger partial charge is 0.348 e. The Hall–Kier alpha value is -1.86. The Labute approximate surface area is 110 Å². The van der Waals surface area contributed by atoms with Crippen LogP contribution in [0, 0.1) is 11.3 Å². The molecule has 0 saturated carbocycles. The molecule has 3 nitrogen and oxygen atoms in total. The summed E-state index contributed by atoms with van der Waals surface area (Å²) in [5.74, 6) is -0.0884. The van der Waals surface area contributed by atoms with E-state index in [4.69, 9.17) is 5.26 Å². The summed E-state index contributed by atoms with van der Waals surface area (Å²) < 4.78 is 1.11. The van der Waals surface area contributed by atoms with Crippen LogP contribution in [0.25, 0.3) is 10.1 Å². The van der Waals surface area contributed by atoms with Gasteiger partial charge in [0.1, 0.15) is 0 Å². The lowest BCUT2D eigenvalue weighted by Gasteiger charge is -2.12. The van der Waals surface area contributed by atoms with Crippen molar-refractivity contribution in [2.45, 2.75) is 25.8 Å². The second-order valence-electron chi connectivity index (χ2n) is 4.09. The molecule has 0 aliphatic heterocycles. The van der Waals surface area contributed by atoms with Crippen LogP contribution in [0.5, 0.6) is 0 Å². The van der Waals surface area contributed by atoms with Crippen molar-refractivity contribution in [1.29, 1.82) is 5.26 Å². The number of nitrogens with one attached hydrogen (secondary N) is 1. The van der Waals surface area contributed by atoms with Gasteiger partial charge in [0, 0.05) is 21.5 Å². The van der Waals surface area contributed by atoms with Gasteiger partial charge in [0.05, 0.1) is 18.1 Å². The molecule has 0 saturated heterocycles. The Bertz CT molecular complexity index is 597. The molecular formula is C14H14N2OS. The van der Waals surface area contributed by atoms with E-state index in [1.165, 1.54) is 0 Å². The van der Waals surface area contributed by atoms with E-state index in [1.54, 1.807) is 11.3 Å². The molecule has 92 valence electrons. The highest BCUT2D eigenvalue weighted by atomic mass is 32.1. The number of hydrogen-bond acceptors (Lipinski definition) is 3. The van der Waals surface area contributed by atoms with Crippen molar-refractivity contribution in [2.75, 3.05) is 0 Å². The van der Waals surface area contributed by atoms with E-state index in [-0.39, 0.29) is 11.9 Å². The van der Waals surface area contributed by atoms with Crippen LogP contribution in [0.15, 0.2) is 29.6 Å². The van der Waals surface area contributed by atoms with Gasteiger partial charge in [-0.1, -0.05) is 25.1 Å². The molecule has 1 unspecified atom stereocenters. The Balaban J connectivity index is 2.21. The number of nitriles is 1. The molecule has 1 heterocycles. The number of thiophene rings is 1. The fourth-order valence-electron chi connectivity index (χ4n) is 1.82. The highest BCUT2D eigenvalue weighted by Crippen LogP contribution is 2.25. The summed E-state index contributed by atoms with van der Waals surface area (Å²) in [6, 6.07) is 9.87. The first-order valence-electron chi connectivity index (χ1n) is 5.90. The third-order valence-electron chi connectivity index (χ3n) is 2.89. The van der Waals surface area contributed by atoms with E-state index in [0.29, 0.717) is 12.0 Å². The van der Waals surface area contributed by atoms with Gasteiger partial charge in [-0.3, -0.25) is 4.79 Å². The van der Waals surface area contributed by atoms with E-state index in [9.17, 15) is 4.79 Å². The number of amides is 1. The third-order valence-corrected chi connectivity index (χ3v) is 3.85. The van der Waals surface area contributed by atoms with Crippen molar-refractivity contribution in [1.82, 2.24) is 5.32 Å². The van der Waals surface area contributed by atoms with Gasteiger partial charge in [-0.2, -0.15) is 5.26 Å². The van der Waals surface area contributed by atoms with Crippen molar-refractivity contribution < 1.29 is 4.79 Å². The second-order valence-corrected chi connectivity index (χ2v) is 5.00. The zero-order valence-corrected chi connectivity index (χ0v) is 11.0. The zero-order valence-electron chi connectivity index (χ0n) is 10.1. The number of fused-ring (bicyclic) bond motifs is 1. The average molecular weight is 258 g/mol. The van der Waals surface area contributed by atoms with Gasteiger partial charge in [0.25, 0.3) is 5.91 Å². The van der Waals surface area contributed by atoms with Crippen LogP contribution in [0.4, 0.5) is 0 Å². The van der Waals surface area contributed by atoms with Crippen molar-refractivity contribution in [3.05, 3.63) is 35.2 Å². The van der Waals surface area contributed by atoms with Gasteiger partial charge in [-0.25, -0.2) is 0 Å². The molecule has 1 aromatic carbocycles. The van der Waals surface area contributed by atoms with Crippen molar-refractivity contribution in [3.8, 4) is 6.07 Å². The first-order valence-corrected chi connectivity index (χ1v) is 6.78. The second kappa shape index (κ2) is 5.65. The van der Waals surface area contributed by atoms with Crippen molar-refractivity contribution >= 4 is 27.3 Å². The van der Waals surface area contributed by atoms with Gasteiger partial charge in [-0.05, 0) is 12.5 Å². The van der Waals surface area contributed by atoms with Crippen molar-refractivity contribution in [3.63, 3.8) is 0 Å². The summed E-state index contributed by atoms with van der Waals surface area (Å²) in [6.07, 6.45) is 1.12. The van der Waals surface area contributed by atoms with E-state index in [2.05, 4.69) is 11.4 Å². The quantitative estimate of drug-likeness (QED) is 0.914. The molecule has 0 radical (unpaired) electrons. The molecule has 1 N–H and O–H groups in total. The molecule has 2 rings (SSSR count). The monoisotopic (exact) mass is 258 g/mol. The average Bonchev–Trinajstić information content (AvgIpc) is 2.82. The van der Waals surface area contributed by atoms with Crippen LogP contribution in [0.2, 0.25) is 0 Å². The first kappa shape index (κ1) is 12.6. The van der Waals surface area contributed by atoms with Gasteiger partial charge in [-0.15, -0.1) is 11.3 Å². The van der Waals surface area contributed by atoms with Crippen LogP contribution >= 0.6 is 11.3 Å². The third kappa shape index (κ3) is 2.52. The maximum Gasteiger partial charge on any atom is 0.253 e. The fraction of sp³-hybridized carbons (Fsp3) is 0.286. The SMILES string of the molecule is CCC(CC#N)NC(=O)c1csc2ccccc12. The molecule has 1 aromatic heterocycles. The lowest BCUT2D eigenvalue weighted by molar-refractivity contribution is 0.0938. The van der Waals surface area contributed by atoms with Crippen molar-refractivity contribution in [2.24, 2.45) is 0 Å². The molecule has 18 heavy (non-hydrogen) atoms. The minimum atomic E-state index is -0.0884. The summed E-state index contributed by atoms with van der Waals surface area (Å²) >= 11 is 1.56. The minimum Gasteiger partial charge on any atom is -0.348 e. The number of benzene rings is 1. The van der Waals surface area contributed by atoms with E-state index in [0.717, 1.165) is 16.5 Å². The summed E-state index contributed by atoms with van der Waals surface area (Å²) in [5, 5.41) is 14.4.